The molecule has 0 amide bonds. The molecule has 19 heavy (non-hydrogen) atoms. The Kier molecular flexibility index (Phi) is 4.50. The van der Waals surface area contributed by atoms with Crippen LogP contribution in [0.15, 0.2) is 18.2 Å². The van der Waals surface area contributed by atoms with Crippen molar-refractivity contribution in [3.63, 3.8) is 0 Å². The Morgan fingerprint density at radius 1 is 1.21 bits per heavy atom. The van der Waals surface area contributed by atoms with Crippen LogP contribution in [-0.2, 0) is 4.74 Å². The van der Waals surface area contributed by atoms with E-state index in [0.29, 0.717) is 5.56 Å². The van der Waals surface area contributed by atoms with Crippen LogP contribution in [0.25, 0.3) is 0 Å². The van der Waals surface area contributed by atoms with Crippen molar-refractivity contribution in [2.45, 2.75) is 43.7 Å². The fraction of sp³-hybridized carbons (Fsp3) is 0.571. The molecule has 3 N–H and O–H groups in total. The zero-order chi connectivity index (χ0) is 13.9. The first-order chi connectivity index (χ1) is 9.13. The molecule has 5 heteroatoms. The Morgan fingerprint density at radius 3 is 2.42 bits per heavy atom. The van der Waals surface area contributed by atoms with Gasteiger partial charge in [0.25, 0.3) is 0 Å². The molecule has 0 spiro atoms. The highest BCUT2D eigenvalue weighted by Gasteiger charge is 2.40. The molecule has 0 bridgehead atoms. The van der Waals surface area contributed by atoms with Gasteiger partial charge in [-0.2, -0.15) is 0 Å². The van der Waals surface area contributed by atoms with Gasteiger partial charge >= 0.3 is 0 Å². The summed E-state index contributed by atoms with van der Waals surface area (Å²) in [6, 6.07) is 3.53. The Morgan fingerprint density at radius 2 is 1.89 bits per heavy atom. The van der Waals surface area contributed by atoms with Crippen molar-refractivity contribution in [1.29, 1.82) is 0 Å². The zero-order valence-electron chi connectivity index (χ0n) is 11.1. The van der Waals surface area contributed by atoms with Crippen molar-refractivity contribution in [2.24, 2.45) is 5.84 Å². The van der Waals surface area contributed by atoms with Crippen molar-refractivity contribution >= 4 is 0 Å². The molecule has 1 saturated carbocycles. The molecule has 1 aromatic rings. The van der Waals surface area contributed by atoms with E-state index < -0.39 is 17.2 Å². The lowest BCUT2D eigenvalue weighted by molar-refractivity contribution is -0.0689. The maximum atomic E-state index is 13.4. The van der Waals surface area contributed by atoms with E-state index in [-0.39, 0.29) is 6.04 Å². The van der Waals surface area contributed by atoms with Gasteiger partial charge in [0.2, 0.25) is 0 Å². The molecule has 0 aliphatic heterocycles. The minimum Gasteiger partial charge on any atom is -0.376 e. The van der Waals surface area contributed by atoms with Gasteiger partial charge in [0.1, 0.15) is 0 Å². The second-order valence-corrected chi connectivity index (χ2v) is 5.10. The Hall–Kier alpha value is -1.04. The second-order valence-electron chi connectivity index (χ2n) is 5.10. The van der Waals surface area contributed by atoms with Crippen LogP contribution in [0.4, 0.5) is 8.78 Å². The third-order valence-electron chi connectivity index (χ3n) is 4.08. The van der Waals surface area contributed by atoms with E-state index in [1.807, 2.05) is 0 Å². The molecule has 1 aliphatic carbocycles. The van der Waals surface area contributed by atoms with Crippen molar-refractivity contribution in [3.05, 3.63) is 35.4 Å². The SMILES string of the molecule is COC1(C(NN)c2ccc(F)c(F)c2)CCCCC1. The van der Waals surface area contributed by atoms with Crippen LogP contribution in [0, 0.1) is 11.6 Å². The van der Waals surface area contributed by atoms with Crippen molar-refractivity contribution in [3.8, 4) is 0 Å². The number of methoxy groups -OCH3 is 1. The fourth-order valence-electron chi connectivity index (χ4n) is 3.00. The number of ether oxygens (including phenoxy) is 1. The molecule has 1 fully saturated rings. The van der Waals surface area contributed by atoms with Gasteiger partial charge in [0, 0.05) is 7.11 Å². The first kappa shape index (κ1) is 14.4. The Labute approximate surface area is 112 Å². The summed E-state index contributed by atoms with van der Waals surface area (Å²) in [5.41, 5.74) is 2.88. The second kappa shape index (κ2) is 5.94. The number of hydrogen-bond acceptors (Lipinski definition) is 3. The lowest BCUT2D eigenvalue weighted by Crippen LogP contribution is -2.49. The number of halogens is 2. The van der Waals surface area contributed by atoms with Gasteiger partial charge in [0.15, 0.2) is 11.6 Å². The molecule has 0 aromatic heterocycles. The van der Waals surface area contributed by atoms with Crippen molar-refractivity contribution in [1.82, 2.24) is 5.43 Å². The van der Waals surface area contributed by atoms with Crippen LogP contribution >= 0.6 is 0 Å². The van der Waals surface area contributed by atoms with E-state index in [1.165, 1.54) is 12.5 Å². The summed E-state index contributed by atoms with van der Waals surface area (Å²) in [5.74, 6) is 3.92. The summed E-state index contributed by atoms with van der Waals surface area (Å²) in [6.07, 6.45) is 4.99. The van der Waals surface area contributed by atoms with Gasteiger partial charge in [-0.3, -0.25) is 11.3 Å². The zero-order valence-corrected chi connectivity index (χ0v) is 11.1. The predicted octanol–water partition coefficient (Wildman–Crippen LogP) is 2.82. The topological polar surface area (TPSA) is 47.3 Å². The molecule has 2 rings (SSSR count). The number of hydrogen-bond donors (Lipinski definition) is 2. The van der Waals surface area contributed by atoms with Crippen molar-refractivity contribution < 1.29 is 13.5 Å². The third-order valence-corrected chi connectivity index (χ3v) is 4.08. The van der Waals surface area contributed by atoms with Crippen molar-refractivity contribution in [2.75, 3.05) is 7.11 Å². The van der Waals surface area contributed by atoms with Crippen LogP contribution in [0.3, 0.4) is 0 Å². The highest BCUT2D eigenvalue weighted by atomic mass is 19.2. The van der Waals surface area contributed by atoms with E-state index in [0.717, 1.165) is 31.7 Å². The summed E-state index contributed by atoms with van der Waals surface area (Å²) in [7, 11) is 1.65. The fourth-order valence-corrected chi connectivity index (χ4v) is 3.00. The molecule has 0 heterocycles. The number of nitrogens with two attached hydrogens (primary N) is 1. The molecule has 1 unspecified atom stereocenters. The quantitative estimate of drug-likeness (QED) is 0.653. The van der Waals surface area contributed by atoms with Gasteiger partial charge in [-0.25, -0.2) is 8.78 Å². The monoisotopic (exact) mass is 270 g/mol. The van der Waals surface area contributed by atoms with E-state index >= 15 is 0 Å². The van der Waals surface area contributed by atoms with Gasteiger partial charge < -0.3 is 4.74 Å². The van der Waals surface area contributed by atoms with Gasteiger partial charge in [-0.05, 0) is 30.5 Å². The Balaban J connectivity index is 2.33. The molecule has 0 radical (unpaired) electrons. The van der Waals surface area contributed by atoms with Crippen LogP contribution in [0.5, 0.6) is 0 Å². The van der Waals surface area contributed by atoms with E-state index in [9.17, 15) is 8.78 Å². The highest BCUT2D eigenvalue weighted by molar-refractivity contribution is 5.24. The average Bonchev–Trinajstić information content (AvgIpc) is 2.44. The average molecular weight is 270 g/mol. The molecule has 1 aliphatic rings. The number of rotatable bonds is 4. The summed E-state index contributed by atoms with van der Waals surface area (Å²) < 4.78 is 32.1. The maximum absolute atomic E-state index is 13.4. The molecular formula is C14H20F2N2O. The smallest absolute Gasteiger partial charge is 0.159 e. The predicted molar refractivity (Wildman–Crippen MR) is 69.2 cm³/mol. The van der Waals surface area contributed by atoms with E-state index in [4.69, 9.17) is 10.6 Å². The molecule has 3 nitrogen and oxygen atoms in total. The number of hydrazine groups is 1. The first-order valence-corrected chi connectivity index (χ1v) is 6.59. The van der Waals surface area contributed by atoms with Gasteiger partial charge in [-0.15, -0.1) is 0 Å². The van der Waals surface area contributed by atoms with Crippen LogP contribution in [0.1, 0.15) is 43.7 Å². The lowest BCUT2D eigenvalue weighted by Gasteiger charge is -2.42. The molecule has 0 saturated heterocycles. The normalized spacial score (nSPS) is 20.2. The lowest BCUT2D eigenvalue weighted by atomic mass is 9.77. The van der Waals surface area contributed by atoms with Crippen LogP contribution in [0.2, 0.25) is 0 Å². The van der Waals surface area contributed by atoms with E-state index in [1.54, 1.807) is 13.2 Å². The standard InChI is InChI=1S/C14H20F2N2O/c1-19-14(7-3-2-4-8-14)13(18-17)10-5-6-11(15)12(16)9-10/h5-6,9,13,18H,2-4,7-8,17H2,1H3. The molecular weight excluding hydrogens is 250 g/mol. The van der Waals surface area contributed by atoms with Crippen LogP contribution in [-0.4, -0.2) is 12.7 Å². The summed E-state index contributed by atoms with van der Waals surface area (Å²) in [6.45, 7) is 0. The summed E-state index contributed by atoms with van der Waals surface area (Å²) in [5, 5.41) is 0. The van der Waals surface area contributed by atoms with Crippen LogP contribution < -0.4 is 11.3 Å². The molecule has 1 atom stereocenters. The molecule has 106 valence electrons. The first-order valence-electron chi connectivity index (χ1n) is 6.59. The highest BCUT2D eigenvalue weighted by Crippen LogP contribution is 2.40. The minimum absolute atomic E-state index is 0.340. The summed E-state index contributed by atoms with van der Waals surface area (Å²) in [4.78, 5) is 0. The Bertz CT molecular complexity index is 433. The third kappa shape index (κ3) is 2.78. The van der Waals surface area contributed by atoms with Gasteiger partial charge in [0.05, 0.1) is 11.6 Å². The maximum Gasteiger partial charge on any atom is 0.159 e. The number of nitrogens with one attached hydrogen (secondary N) is 1. The summed E-state index contributed by atoms with van der Waals surface area (Å²) >= 11 is 0. The minimum atomic E-state index is -0.861. The largest absolute Gasteiger partial charge is 0.376 e. The number of benzene rings is 1. The van der Waals surface area contributed by atoms with E-state index in [2.05, 4.69) is 5.43 Å². The van der Waals surface area contributed by atoms with Gasteiger partial charge in [-0.1, -0.05) is 25.3 Å². The molecule has 1 aromatic carbocycles.